The quantitative estimate of drug-likeness (QED) is 0.375. The van der Waals surface area contributed by atoms with Crippen molar-refractivity contribution in [3.05, 3.63) is 11.6 Å². The molecular weight excluding hydrogens is 384 g/mol. The average Bonchev–Trinajstić information content (AvgIpc) is 3.24. The molecule has 3 heteroatoms. The van der Waals surface area contributed by atoms with E-state index in [2.05, 4.69) is 26.8 Å². The van der Waals surface area contributed by atoms with Crippen molar-refractivity contribution < 1.29 is 14.3 Å². The number of rotatable bonds is 5. The van der Waals surface area contributed by atoms with Gasteiger partial charge in [-0.15, -0.1) is 0 Å². The third kappa shape index (κ3) is 2.83. The van der Waals surface area contributed by atoms with Crippen LogP contribution in [0.2, 0.25) is 0 Å². The molecule has 3 nitrogen and oxygen atoms in total. The number of carbonyl (C=O) groups excluding carboxylic acids is 1. The summed E-state index contributed by atoms with van der Waals surface area (Å²) in [5.74, 6) is 4.44. The van der Waals surface area contributed by atoms with Gasteiger partial charge in [0.15, 0.2) is 0 Å². The summed E-state index contributed by atoms with van der Waals surface area (Å²) in [6.45, 7) is 11.9. The Morgan fingerprint density at radius 3 is 2.58 bits per heavy atom. The molecule has 5 aliphatic rings. The average molecular weight is 429 g/mol. The predicted octanol–water partition coefficient (Wildman–Crippen LogP) is 6.42. The minimum atomic E-state index is -0.147. The van der Waals surface area contributed by atoms with Crippen molar-refractivity contribution in [1.82, 2.24) is 0 Å². The fourth-order valence-corrected chi connectivity index (χ4v) is 10.3. The maximum Gasteiger partial charge on any atom is 0.333 e. The third-order valence-corrected chi connectivity index (χ3v) is 11.6. The summed E-state index contributed by atoms with van der Waals surface area (Å²) < 4.78 is 11.5. The number of hydrogen-bond acceptors (Lipinski definition) is 3. The Morgan fingerprint density at radius 1 is 1.13 bits per heavy atom. The summed E-state index contributed by atoms with van der Waals surface area (Å²) in [5, 5.41) is 0. The standard InChI is InChI=1S/C28H44O3/c1-7-31-25(29)18(3)14-17(2)21-8-9-22-20-15-24(30-6)28-16-19(28)10-13-27(28,5)23(20)11-12-26(21,22)4/h14,17,19-24H,7-13,15-16H2,1-6H3/b18-14+/t17-,19-,20+,21-,22+,23+,24?,26-,27-,28?/m1/s1. The maximum atomic E-state index is 12.2. The van der Waals surface area contributed by atoms with Crippen LogP contribution in [-0.2, 0) is 14.3 Å². The SMILES string of the molecule is CCOC(=O)/C(C)=C/[C@@H](C)[C@H]1CC[C@H]2[C@@H]3CC(OC)C45C[C@H]4CC[C@]5(C)[C@H]3CC[C@]12C. The molecule has 0 saturated heterocycles. The molecule has 0 aliphatic heterocycles. The molecule has 0 amide bonds. The van der Waals surface area contributed by atoms with Crippen molar-refractivity contribution in [2.75, 3.05) is 13.7 Å². The minimum Gasteiger partial charge on any atom is -0.463 e. The second-order valence-electron chi connectivity index (χ2n) is 12.4. The molecule has 0 aromatic carbocycles. The van der Waals surface area contributed by atoms with Gasteiger partial charge < -0.3 is 9.47 Å². The first kappa shape index (κ1) is 22.0. The number of hydrogen-bond donors (Lipinski definition) is 0. The zero-order valence-electron chi connectivity index (χ0n) is 20.7. The first-order valence-electron chi connectivity index (χ1n) is 13.1. The molecule has 0 bridgehead atoms. The zero-order valence-corrected chi connectivity index (χ0v) is 20.7. The second-order valence-corrected chi connectivity index (χ2v) is 12.4. The van der Waals surface area contributed by atoms with Gasteiger partial charge in [-0.05, 0) is 112 Å². The van der Waals surface area contributed by atoms with Gasteiger partial charge in [-0.1, -0.05) is 26.8 Å². The van der Waals surface area contributed by atoms with Gasteiger partial charge in [-0.25, -0.2) is 4.79 Å². The Hall–Kier alpha value is -0.830. The van der Waals surface area contributed by atoms with Crippen molar-refractivity contribution in [3.8, 4) is 0 Å². The number of methoxy groups -OCH3 is 1. The maximum absolute atomic E-state index is 12.2. The van der Waals surface area contributed by atoms with Crippen LogP contribution in [0, 0.1) is 51.8 Å². The molecule has 5 aliphatic carbocycles. The van der Waals surface area contributed by atoms with Crippen LogP contribution < -0.4 is 0 Å². The van der Waals surface area contributed by atoms with Crippen molar-refractivity contribution in [1.29, 1.82) is 0 Å². The first-order valence-corrected chi connectivity index (χ1v) is 13.1. The zero-order chi connectivity index (χ0) is 22.2. The highest BCUT2D eigenvalue weighted by atomic mass is 16.5. The summed E-state index contributed by atoms with van der Waals surface area (Å²) in [4.78, 5) is 12.2. The number of allylic oxidation sites excluding steroid dienone is 1. The van der Waals surface area contributed by atoms with E-state index in [9.17, 15) is 4.79 Å². The van der Waals surface area contributed by atoms with Crippen LogP contribution >= 0.6 is 0 Å². The fraction of sp³-hybridized carbons (Fsp3) is 0.893. The summed E-state index contributed by atoms with van der Waals surface area (Å²) in [6.07, 6.45) is 13.7. The molecule has 10 atom stereocenters. The molecule has 5 fully saturated rings. The molecule has 5 rings (SSSR count). The molecule has 5 saturated carbocycles. The van der Waals surface area contributed by atoms with Crippen molar-refractivity contribution in [2.24, 2.45) is 51.8 Å². The van der Waals surface area contributed by atoms with Gasteiger partial charge in [-0.2, -0.15) is 0 Å². The van der Waals surface area contributed by atoms with Gasteiger partial charge in [0.2, 0.25) is 0 Å². The highest BCUT2D eigenvalue weighted by Crippen LogP contribution is 2.82. The van der Waals surface area contributed by atoms with E-state index in [1.165, 1.54) is 51.4 Å². The van der Waals surface area contributed by atoms with Crippen LogP contribution in [0.5, 0.6) is 0 Å². The van der Waals surface area contributed by atoms with E-state index in [4.69, 9.17) is 9.47 Å². The molecule has 0 aromatic heterocycles. The van der Waals surface area contributed by atoms with E-state index >= 15 is 0 Å². The fourth-order valence-electron chi connectivity index (χ4n) is 10.3. The molecule has 2 unspecified atom stereocenters. The number of fused-ring (bicyclic) bond motifs is 4. The lowest BCUT2D eigenvalue weighted by Gasteiger charge is -2.61. The number of carbonyl (C=O) groups is 1. The lowest BCUT2D eigenvalue weighted by molar-refractivity contribution is -0.160. The number of esters is 1. The Balaban J connectivity index is 1.39. The van der Waals surface area contributed by atoms with Crippen LogP contribution in [0.15, 0.2) is 11.6 Å². The molecule has 0 radical (unpaired) electrons. The normalized spacial score (nSPS) is 51.4. The molecule has 0 heterocycles. The summed E-state index contributed by atoms with van der Waals surface area (Å²) in [7, 11) is 1.98. The van der Waals surface area contributed by atoms with Crippen LogP contribution in [0.3, 0.4) is 0 Å². The van der Waals surface area contributed by atoms with Gasteiger partial charge in [-0.3, -0.25) is 0 Å². The van der Waals surface area contributed by atoms with Crippen molar-refractivity contribution in [3.63, 3.8) is 0 Å². The Labute approximate surface area is 189 Å². The van der Waals surface area contributed by atoms with Gasteiger partial charge >= 0.3 is 5.97 Å². The van der Waals surface area contributed by atoms with Gasteiger partial charge in [0.05, 0.1) is 12.7 Å². The number of ether oxygens (including phenoxy) is 2. The molecule has 1 spiro atoms. The molecular formula is C28H44O3. The smallest absolute Gasteiger partial charge is 0.333 e. The molecule has 0 N–H and O–H groups in total. The van der Waals surface area contributed by atoms with E-state index in [1.807, 2.05) is 21.0 Å². The van der Waals surface area contributed by atoms with Crippen molar-refractivity contribution >= 4 is 5.97 Å². The lowest BCUT2D eigenvalue weighted by atomic mass is 9.45. The van der Waals surface area contributed by atoms with Crippen molar-refractivity contribution in [2.45, 2.75) is 92.1 Å². The largest absolute Gasteiger partial charge is 0.463 e. The van der Waals surface area contributed by atoms with E-state index in [0.29, 0.717) is 40.8 Å². The van der Waals surface area contributed by atoms with Crippen LogP contribution in [0.1, 0.15) is 86.0 Å². The van der Waals surface area contributed by atoms with E-state index < -0.39 is 0 Å². The van der Waals surface area contributed by atoms with Gasteiger partial charge in [0.1, 0.15) is 0 Å². The highest BCUT2D eigenvalue weighted by molar-refractivity contribution is 5.87. The van der Waals surface area contributed by atoms with Crippen LogP contribution in [-0.4, -0.2) is 25.8 Å². The van der Waals surface area contributed by atoms with E-state index in [-0.39, 0.29) is 5.97 Å². The van der Waals surface area contributed by atoms with Gasteiger partial charge in [0, 0.05) is 18.1 Å². The van der Waals surface area contributed by atoms with Gasteiger partial charge in [0.25, 0.3) is 0 Å². The highest BCUT2D eigenvalue weighted by Gasteiger charge is 2.77. The summed E-state index contributed by atoms with van der Waals surface area (Å²) >= 11 is 0. The van der Waals surface area contributed by atoms with E-state index in [1.54, 1.807) is 0 Å². The monoisotopic (exact) mass is 428 g/mol. The molecule has 0 aromatic rings. The molecule has 174 valence electrons. The topological polar surface area (TPSA) is 35.5 Å². The summed E-state index contributed by atoms with van der Waals surface area (Å²) in [6, 6.07) is 0. The van der Waals surface area contributed by atoms with Crippen LogP contribution in [0.4, 0.5) is 0 Å². The predicted molar refractivity (Wildman–Crippen MR) is 123 cm³/mol. The second kappa shape index (κ2) is 7.34. The lowest BCUT2D eigenvalue weighted by Crippen LogP contribution is -2.57. The minimum absolute atomic E-state index is 0.147. The molecule has 31 heavy (non-hydrogen) atoms. The third-order valence-electron chi connectivity index (χ3n) is 11.6. The first-order chi connectivity index (χ1) is 14.7. The van der Waals surface area contributed by atoms with E-state index in [0.717, 1.165) is 29.2 Å². The Morgan fingerprint density at radius 2 is 1.90 bits per heavy atom. The van der Waals surface area contributed by atoms with Crippen LogP contribution in [0.25, 0.3) is 0 Å². The Bertz CT molecular complexity index is 772. The summed E-state index contributed by atoms with van der Waals surface area (Å²) in [5.41, 5.74) is 2.20. The Kier molecular flexibility index (Phi) is 5.20.